The lowest BCUT2D eigenvalue weighted by molar-refractivity contribution is -0.162. The number of hydrogen-bond donors (Lipinski definition) is 2. The van der Waals surface area contributed by atoms with Crippen LogP contribution in [0.15, 0.2) is 48.5 Å². The molecule has 6 heteroatoms. The van der Waals surface area contributed by atoms with Crippen LogP contribution in [-0.4, -0.2) is 47.3 Å². The molecule has 0 unspecified atom stereocenters. The number of benzene rings is 2. The smallest absolute Gasteiger partial charge is 0.252 e. The minimum Gasteiger partial charge on any atom is -0.386 e. The van der Waals surface area contributed by atoms with E-state index in [0.29, 0.717) is 19.4 Å². The fraction of sp³-hybridized carbons (Fsp3) is 0.409. The molecule has 0 bridgehead atoms. The van der Waals surface area contributed by atoms with E-state index in [1.807, 2.05) is 23.1 Å². The number of rotatable bonds is 3. The summed E-state index contributed by atoms with van der Waals surface area (Å²) in [5, 5.41) is 10.3. The van der Waals surface area contributed by atoms with Gasteiger partial charge in [-0.1, -0.05) is 36.4 Å². The van der Waals surface area contributed by atoms with E-state index in [4.69, 9.17) is 10.5 Å². The Morgan fingerprint density at radius 3 is 2.68 bits per heavy atom. The Hall–Kier alpha value is -2.28. The van der Waals surface area contributed by atoms with Crippen molar-refractivity contribution >= 4 is 5.91 Å². The first-order valence-corrected chi connectivity index (χ1v) is 9.68. The molecule has 3 atom stereocenters. The van der Waals surface area contributed by atoms with Gasteiger partial charge in [0, 0.05) is 13.1 Å². The summed E-state index contributed by atoms with van der Waals surface area (Å²) in [6, 6.07) is 14.1. The second-order valence-corrected chi connectivity index (χ2v) is 7.70. The minimum atomic E-state index is -1.05. The maximum absolute atomic E-state index is 13.5. The van der Waals surface area contributed by atoms with E-state index in [1.165, 1.54) is 17.7 Å². The maximum atomic E-state index is 13.5. The molecule has 28 heavy (non-hydrogen) atoms. The van der Waals surface area contributed by atoms with E-state index < -0.39 is 11.7 Å². The SMILES string of the molecule is NC[C@@]1(O)CC[C@@H](C(=O)N2CCc3ccccc3[C@@H]2c2ccc(F)cc2)OC1. The zero-order chi connectivity index (χ0) is 19.7. The number of carbonyl (C=O) groups is 1. The molecule has 3 N–H and O–H groups in total. The van der Waals surface area contributed by atoms with Gasteiger partial charge in [-0.2, -0.15) is 0 Å². The standard InChI is InChI=1S/C22H25FN2O3/c23-17-7-5-16(6-8-17)20-18-4-2-1-3-15(18)10-12-25(20)21(26)19-9-11-22(27,13-24)14-28-19/h1-8,19-20,27H,9-14,24H2/t19-,20-,22-/m0/s1. The molecule has 0 aliphatic carbocycles. The number of carbonyl (C=O) groups excluding carboxylic acids is 1. The van der Waals surface area contributed by atoms with Crippen molar-refractivity contribution in [2.45, 2.75) is 37.0 Å². The van der Waals surface area contributed by atoms with E-state index in [9.17, 15) is 14.3 Å². The average molecular weight is 384 g/mol. The van der Waals surface area contributed by atoms with Crippen molar-refractivity contribution in [2.75, 3.05) is 19.7 Å². The highest BCUT2D eigenvalue weighted by molar-refractivity contribution is 5.82. The molecule has 2 heterocycles. The molecule has 2 aromatic rings. The van der Waals surface area contributed by atoms with Crippen molar-refractivity contribution in [3.05, 3.63) is 71.0 Å². The van der Waals surface area contributed by atoms with Crippen molar-refractivity contribution in [1.82, 2.24) is 4.90 Å². The Kier molecular flexibility index (Phi) is 5.19. The molecule has 2 aromatic carbocycles. The fourth-order valence-electron chi connectivity index (χ4n) is 4.16. The lowest BCUT2D eigenvalue weighted by atomic mass is 9.87. The highest BCUT2D eigenvalue weighted by Gasteiger charge is 2.40. The summed E-state index contributed by atoms with van der Waals surface area (Å²) in [6.07, 6.45) is 1.03. The second-order valence-electron chi connectivity index (χ2n) is 7.70. The van der Waals surface area contributed by atoms with Crippen LogP contribution in [0.1, 0.15) is 35.6 Å². The van der Waals surface area contributed by atoms with Gasteiger partial charge < -0.3 is 20.5 Å². The van der Waals surface area contributed by atoms with Gasteiger partial charge in [0.15, 0.2) is 0 Å². The zero-order valence-corrected chi connectivity index (χ0v) is 15.7. The van der Waals surface area contributed by atoms with Gasteiger partial charge in [0.1, 0.15) is 17.5 Å². The third kappa shape index (κ3) is 3.55. The molecule has 2 aliphatic heterocycles. The normalized spacial score (nSPS) is 27.3. The van der Waals surface area contributed by atoms with E-state index in [0.717, 1.165) is 17.5 Å². The molecule has 2 aliphatic rings. The number of halogens is 1. The van der Waals surface area contributed by atoms with Gasteiger partial charge in [-0.25, -0.2) is 4.39 Å². The number of aliphatic hydroxyl groups is 1. The molecule has 4 rings (SSSR count). The first-order valence-electron chi connectivity index (χ1n) is 9.68. The Bertz CT molecular complexity index is 847. The summed E-state index contributed by atoms with van der Waals surface area (Å²) < 4.78 is 19.2. The second kappa shape index (κ2) is 7.62. The first kappa shape index (κ1) is 19.1. The summed E-state index contributed by atoms with van der Waals surface area (Å²) >= 11 is 0. The van der Waals surface area contributed by atoms with Gasteiger partial charge in [-0.3, -0.25) is 4.79 Å². The maximum Gasteiger partial charge on any atom is 0.252 e. The zero-order valence-electron chi connectivity index (χ0n) is 15.7. The largest absolute Gasteiger partial charge is 0.386 e. The van der Waals surface area contributed by atoms with Crippen molar-refractivity contribution in [1.29, 1.82) is 0 Å². The Morgan fingerprint density at radius 1 is 1.25 bits per heavy atom. The molecule has 5 nitrogen and oxygen atoms in total. The quantitative estimate of drug-likeness (QED) is 0.851. The van der Waals surface area contributed by atoms with Crippen LogP contribution in [0.5, 0.6) is 0 Å². The van der Waals surface area contributed by atoms with Crippen LogP contribution >= 0.6 is 0 Å². The average Bonchev–Trinajstić information content (AvgIpc) is 2.74. The number of hydrogen-bond acceptors (Lipinski definition) is 4. The van der Waals surface area contributed by atoms with Crippen LogP contribution in [-0.2, 0) is 16.0 Å². The predicted molar refractivity (Wildman–Crippen MR) is 103 cm³/mol. The van der Waals surface area contributed by atoms with E-state index >= 15 is 0 Å². The molecule has 0 aromatic heterocycles. The predicted octanol–water partition coefficient (Wildman–Crippen LogP) is 2.17. The number of ether oxygens (including phenoxy) is 1. The topological polar surface area (TPSA) is 75.8 Å². The van der Waals surface area contributed by atoms with Gasteiger partial charge >= 0.3 is 0 Å². The molecule has 148 valence electrons. The number of nitrogens with zero attached hydrogens (tertiary/aromatic N) is 1. The summed E-state index contributed by atoms with van der Waals surface area (Å²) in [5.41, 5.74) is 7.68. The summed E-state index contributed by atoms with van der Waals surface area (Å²) in [7, 11) is 0. The monoisotopic (exact) mass is 384 g/mol. The molecule has 0 radical (unpaired) electrons. The van der Waals surface area contributed by atoms with Crippen LogP contribution in [0, 0.1) is 5.82 Å². The Labute approximate surface area is 163 Å². The summed E-state index contributed by atoms with van der Waals surface area (Å²) in [4.78, 5) is 15.2. The molecule has 0 spiro atoms. The molecular weight excluding hydrogens is 359 g/mol. The third-order valence-corrected chi connectivity index (χ3v) is 5.83. The van der Waals surface area contributed by atoms with Gasteiger partial charge in [-0.15, -0.1) is 0 Å². The van der Waals surface area contributed by atoms with Crippen LogP contribution in [0.2, 0.25) is 0 Å². The third-order valence-electron chi connectivity index (χ3n) is 5.83. The molecule has 1 fully saturated rings. The summed E-state index contributed by atoms with van der Waals surface area (Å²) in [5.74, 6) is -0.398. The van der Waals surface area contributed by atoms with Crippen LogP contribution in [0.25, 0.3) is 0 Å². The Morgan fingerprint density at radius 2 is 2.00 bits per heavy atom. The van der Waals surface area contributed by atoms with Crippen LogP contribution in [0.4, 0.5) is 4.39 Å². The Balaban J connectivity index is 1.64. The molecule has 1 saturated heterocycles. The highest BCUT2D eigenvalue weighted by Crippen LogP contribution is 2.36. The van der Waals surface area contributed by atoms with Crippen molar-refractivity contribution in [2.24, 2.45) is 5.73 Å². The van der Waals surface area contributed by atoms with E-state index in [1.54, 1.807) is 12.1 Å². The number of fused-ring (bicyclic) bond motifs is 1. The van der Waals surface area contributed by atoms with Gasteiger partial charge in [0.2, 0.25) is 0 Å². The summed E-state index contributed by atoms with van der Waals surface area (Å²) in [6.45, 7) is 0.744. The molecule has 1 amide bonds. The van der Waals surface area contributed by atoms with E-state index in [-0.39, 0.29) is 30.9 Å². The van der Waals surface area contributed by atoms with Crippen molar-refractivity contribution < 1.29 is 19.0 Å². The number of amides is 1. The van der Waals surface area contributed by atoms with Crippen molar-refractivity contribution in [3.8, 4) is 0 Å². The van der Waals surface area contributed by atoms with E-state index in [2.05, 4.69) is 6.07 Å². The minimum absolute atomic E-state index is 0.0611. The van der Waals surface area contributed by atoms with Crippen LogP contribution < -0.4 is 5.73 Å². The molecule has 0 saturated carbocycles. The fourth-order valence-corrected chi connectivity index (χ4v) is 4.16. The van der Waals surface area contributed by atoms with Gasteiger partial charge in [0.05, 0.1) is 12.6 Å². The van der Waals surface area contributed by atoms with Gasteiger partial charge in [0.25, 0.3) is 5.91 Å². The lowest BCUT2D eigenvalue weighted by Crippen LogP contribution is -2.53. The molecular formula is C22H25FN2O3. The lowest BCUT2D eigenvalue weighted by Gasteiger charge is -2.41. The van der Waals surface area contributed by atoms with Crippen LogP contribution in [0.3, 0.4) is 0 Å². The highest BCUT2D eigenvalue weighted by atomic mass is 19.1. The number of nitrogens with two attached hydrogens (primary N) is 1. The van der Waals surface area contributed by atoms with Crippen molar-refractivity contribution in [3.63, 3.8) is 0 Å². The first-order chi connectivity index (χ1) is 13.5. The van der Waals surface area contributed by atoms with Gasteiger partial charge in [-0.05, 0) is 48.1 Å².